The van der Waals surface area contributed by atoms with Crippen molar-refractivity contribution in [1.29, 1.82) is 5.26 Å². The van der Waals surface area contributed by atoms with Gasteiger partial charge in [-0.15, -0.1) is 0 Å². The van der Waals surface area contributed by atoms with Crippen molar-refractivity contribution in [2.45, 2.75) is 13.3 Å². The molecule has 5 heteroatoms. The summed E-state index contributed by atoms with van der Waals surface area (Å²) in [5.74, 6) is 0.308. The Kier molecular flexibility index (Phi) is 4.82. The Balaban J connectivity index is 2.37. The fourth-order valence-corrected chi connectivity index (χ4v) is 1.17. The van der Waals surface area contributed by atoms with E-state index in [9.17, 15) is 4.79 Å². The maximum Gasteiger partial charge on any atom is 0.257 e. The van der Waals surface area contributed by atoms with E-state index in [1.807, 2.05) is 19.1 Å². The van der Waals surface area contributed by atoms with Crippen molar-refractivity contribution in [1.82, 2.24) is 5.32 Å². The summed E-state index contributed by atoms with van der Waals surface area (Å²) in [6, 6.07) is 7.21. The number of carbonyl (C=O) groups excluding carboxylic acids is 1. The second-order valence-corrected chi connectivity index (χ2v) is 3.57. The lowest BCUT2D eigenvalue weighted by molar-refractivity contribution is -0.123. The van der Waals surface area contributed by atoms with Crippen molar-refractivity contribution in [2.24, 2.45) is 0 Å². The number of ether oxygens (including phenoxy) is 1. The lowest BCUT2D eigenvalue weighted by Gasteiger charge is -2.08. The van der Waals surface area contributed by atoms with Gasteiger partial charge in [0, 0.05) is 18.3 Å². The van der Waals surface area contributed by atoms with Crippen LogP contribution in [0.5, 0.6) is 5.75 Å². The molecule has 0 aliphatic rings. The quantitative estimate of drug-likeness (QED) is 0.586. The number of aryl methyl sites for hydroxylation is 1. The Bertz CT molecular complexity index is 438. The monoisotopic (exact) mass is 233 g/mol. The highest BCUT2D eigenvalue weighted by molar-refractivity contribution is 5.77. The number of benzene rings is 1. The van der Waals surface area contributed by atoms with Crippen molar-refractivity contribution in [3.05, 3.63) is 23.8 Å². The number of anilines is 1. The fraction of sp³-hybridized carbons (Fsp3) is 0.333. The molecule has 1 aromatic rings. The van der Waals surface area contributed by atoms with Crippen molar-refractivity contribution < 1.29 is 9.53 Å². The topological polar surface area (TPSA) is 88.1 Å². The number of hydrogen-bond acceptors (Lipinski definition) is 4. The van der Waals surface area contributed by atoms with Gasteiger partial charge >= 0.3 is 0 Å². The standard InChI is InChI=1S/C12H15N3O2/c1-9-3-4-10(7-11(9)14)17-8-12(16)15-6-2-5-13/h3-4,7H,2,6,8,14H2,1H3,(H,15,16). The number of amides is 1. The minimum absolute atomic E-state index is 0.0755. The van der Waals surface area contributed by atoms with Crippen LogP contribution in [-0.2, 0) is 4.79 Å². The van der Waals surface area contributed by atoms with Crippen LogP contribution in [0.2, 0.25) is 0 Å². The van der Waals surface area contributed by atoms with Gasteiger partial charge in [-0.05, 0) is 18.6 Å². The molecule has 90 valence electrons. The zero-order valence-electron chi connectivity index (χ0n) is 9.69. The summed E-state index contributed by atoms with van der Waals surface area (Å²) in [6.07, 6.45) is 0.295. The van der Waals surface area contributed by atoms with E-state index < -0.39 is 0 Å². The summed E-state index contributed by atoms with van der Waals surface area (Å²) in [4.78, 5) is 11.3. The van der Waals surface area contributed by atoms with Gasteiger partial charge in [0.1, 0.15) is 5.75 Å². The Morgan fingerprint density at radius 1 is 1.59 bits per heavy atom. The first-order valence-electron chi connectivity index (χ1n) is 5.26. The first-order valence-corrected chi connectivity index (χ1v) is 5.26. The van der Waals surface area contributed by atoms with Crippen LogP contribution in [0.3, 0.4) is 0 Å². The highest BCUT2D eigenvalue weighted by Gasteiger charge is 2.03. The Morgan fingerprint density at radius 2 is 2.35 bits per heavy atom. The lowest BCUT2D eigenvalue weighted by Crippen LogP contribution is -2.29. The molecule has 0 aliphatic heterocycles. The lowest BCUT2D eigenvalue weighted by atomic mass is 10.2. The number of carbonyl (C=O) groups is 1. The molecule has 1 aromatic carbocycles. The number of nitrogens with one attached hydrogen (secondary N) is 1. The van der Waals surface area contributed by atoms with Gasteiger partial charge in [-0.3, -0.25) is 4.79 Å². The third kappa shape index (κ3) is 4.43. The Labute approximate surface area is 100 Å². The highest BCUT2D eigenvalue weighted by atomic mass is 16.5. The molecule has 0 heterocycles. The van der Waals surface area contributed by atoms with E-state index in [0.29, 0.717) is 24.4 Å². The minimum atomic E-state index is -0.251. The molecule has 0 fully saturated rings. The summed E-state index contributed by atoms with van der Waals surface area (Å²) in [6.45, 7) is 2.16. The van der Waals surface area contributed by atoms with E-state index in [2.05, 4.69) is 5.32 Å². The van der Waals surface area contributed by atoms with Gasteiger partial charge in [-0.25, -0.2) is 0 Å². The van der Waals surface area contributed by atoms with E-state index in [0.717, 1.165) is 5.56 Å². The zero-order chi connectivity index (χ0) is 12.7. The van der Waals surface area contributed by atoms with E-state index in [1.54, 1.807) is 12.1 Å². The third-order valence-corrected chi connectivity index (χ3v) is 2.18. The SMILES string of the molecule is Cc1ccc(OCC(=O)NCCC#N)cc1N. The van der Waals surface area contributed by atoms with Crippen LogP contribution in [-0.4, -0.2) is 19.1 Å². The van der Waals surface area contributed by atoms with Crippen molar-refractivity contribution in [3.8, 4) is 11.8 Å². The molecule has 17 heavy (non-hydrogen) atoms. The summed E-state index contributed by atoms with van der Waals surface area (Å²) in [5, 5.41) is 10.9. The van der Waals surface area contributed by atoms with E-state index in [-0.39, 0.29) is 12.5 Å². The molecule has 0 radical (unpaired) electrons. The fourth-order valence-electron chi connectivity index (χ4n) is 1.17. The molecule has 5 nitrogen and oxygen atoms in total. The van der Waals surface area contributed by atoms with Crippen LogP contribution in [0.1, 0.15) is 12.0 Å². The van der Waals surface area contributed by atoms with Crippen LogP contribution < -0.4 is 15.8 Å². The predicted molar refractivity (Wildman–Crippen MR) is 64.3 cm³/mol. The minimum Gasteiger partial charge on any atom is -0.484 e. The van der Waals surface area contributed by atoms with Crippen LogP contribution in [0.4, 0.5) is 5.69 Å². The van der Waals surface area contributed by atoms with Gasteiger partial charge in [-0.1, -0.05) is 6.07 Å². The van der Waals surface area contributed by atoms with Crippen LogP contribution in [0.25, 0.3) is 0 Å². The molecule has 0 saturated carbocycles. The van der Waals surface area contributed by atoms with Gasteiger partial charge in [0.2, 0.25) is 0 Å². The highest BCUT2D eigenvalue weighted by Crippen LogP contribution is 2.18. The first-order chi connectivity index (χ1) is 8.13. The number of nitrogen functional groups attached to an aromatic ring is 1. The predicted octanol–water partition coefficient (Wildman–Crippen LogP) is 0.986. The van der Waals surface area contributed by atoms with Crippen molar-refractivity contribution in [2.75, 3.05) is 18.9 Å². The number of nitriles is 1. The normalized spacial score (nSPS) is 9.41. The van der Waals surface area contributed by atoms with E-state index in [4.69, 9.17) is 15.7 Å². The van der Waals surface area contributed by atoms with Crippen LogP contribution in [0, 0.1) is 18.3 Å². The average Bonchev–Trinajstić information content (AvgIpc) is 2.31. The second-order valence-electron chi connectivity index (χ2n) is 3.57. The van der Waals surface area contributed by atoms with Gasteiger partial charge < -0.3 is 15.8 Å². The zero-order valence-corrected chi connectivity index (χ0v) is 9.69. The molecule has 3 N–H and O–H groups in total. The molecule has 0 spiro atoms. The maximum atomic E-state index is 11.3. The average molecular weight is 233 g/mol. The Hall–Kier alpha value is -2.22. The molecular formula is C12H15N3O2. The van der Waals surface area contributed by atoms with Crippen molar-refractivity contribution in [3.63, 3.8) is 0 Å². The molecule has 1 amide bonds. The molecule has 0 aliphatic carbocycles. The van der Waals surface area contributed by atoms with Gasteiger partial charge in [0.15, 0.2) is 6.61 Å². The smallest absolute Gasteiger partial charge is 0.257 e. The first kappa shape index (κ1) is 12.8. The molecule has 0 saturated heterocycles. The van der Waals surface area contributed by atoms with Gasteiger partial charge in [0.05, 0.1) is 12.5 Å². The second kappa shape index (κ2) is 6.38. The molecule has 0 aromatic heterocycles. The molecule has 0 unspecified atom stereocenters. The summed E-state index contributed by atoms with van der Waals surface area (Å²) < 4.78 is 5.26. The molecular weight excluding hydrogens is 218 g/mol. The summed E-state index contributed by atoms with van der Waals surface area (Å²) in [5.41, 5.74) is 7.31. The van der Waals surface area contributed by atoms with Gasteiger partial charge in [0.25, 0.3) is 5.91 Å². The van der Waals surface area contributed by atoms with E-state index in [1.165, 1.54) is 0 Å². The summed E-state index contributed by atoms with van der Waals surface area (Å²) in [7, 11) is 0. The van der Waals surface area contributed by atoms with Crippen LogP contribution in [0.15, 0.2) is 18.2 Å². The summed E-state index contributed by atoms with van der Waals surface area (Å²) >= 11 is 0. The number of nitrogens with two attached hydrogens (primary N) is 1. The number of hydrogen-bond donors (Lipinski definition) is 2. The molecule has 0 atom stereocenters. The Morgan fingerprint density at radius 3 is 3.00 bits per heavy atom. The number of rotatable bonds is 5. The van der Waals surface area contributed by atoms with Crippen LogP contribution >= 0.6 is 0 Å². The largest absolute Gasteiger partial charge is 0.484 e. The molecule has 1 rings (SSSR count). The molecule has 0 bridgehead atoms. The van der Waals surface area contributed by atoms with Gasteiger partial charge in [-0.2, -0.15) is 5.26 Å². The third-order valence-electron chi connectivity index (χ3n) is 2.18. The van der Waals surface area contributed by atoms with Crippen molar-refractivity contribution >= 4 is 11.6 Å². The maximum absolute atomic E-state index is 11.3. The number of nitrogens with zero attached hydrogens (tertiary/aromatic N) is 1. The van der Waals surface area contributed by atoms with E-state index >= 15 is 0 Å².